The number of hydrogen-bond acceptors (Lipinski definition) is 14. The van der Waals surface area contributed by atoms with Crippen LogP contribution in [0.3, 0.4) is 0 Å². The molecule has 0 saturated carbocycles. The number of hydrogen-bond donors (Lipinski definition) is 3. The van der Waals surface area contributed by atoms with Crippen LogP contribution < -0.4 is 20.7 Å². The van der Waals surface area contributed by atoms with E-state index in [9.17, 15) is 15.3 Å². The van der Waals surface area contributed by atoms with Crippen molar-refractivity contribution in [2.24, 2.45) is 5.92 Å². The molecule has 0 aromatic heterocycles. The molecular weight excluding hydrogens is 1610 g/mol. The first kappa shape index (κ1) is 97.3. The predicted octanol–water partition coefficient (Wildman–Crippen LogP) is 19.6. The Morgan fingerprint density at radius 1 is 0.228 bits per heavy atom. The Morgan fingerprint density at radius 2 is 0.417 bits per heavy atom. The molecule has 0 aliphatic rings. The van der Waals surface area contributed by atoms with Crippen LogP contribution in [0, 0.1) is 5.92 Å². The average Bonchev–Trinajstić information content (AvgIpc) is 0.750. The van der Waals surface area contributed by atoms with Gasteiger partial charge in [0.15, 0.2) is 0 Å². The van der Waals surface area contributed by atoms with Crippen LogP contribution in [0.4, 0.5) is 0 Å². The van der Waals surface area contributed by atoms with Gasteiger partial charge >= 0.3 is 0 Å². The van der Waals surface area contributed by atoms with Gasteiger partial charge < -0.3 is 66.8 Å². The Kier molecular flexibility index (Phi) is 40.1. The van der Waals surface area contributed by atoms with Crippen molar-refractivity contribution in [3.05, 3.63) is 444 Å². The zero-order valence-electron chi connectivity index (χ0n) is 74.7. The van der Waals surface area contributed by atoms with Gasteiger partial charge in [0.1, 0.15) is 42.7 Å². The molecule has 3 N–H and O–H groups in total. The van der Waals surface area contributed by atoms with Gasteiger partial charge in [0, 0.05) is 5.92 Å². The quantitative estimate of drug-likeness (QED) is 0.0309. The zero-order valence-corrected chi connectivity index (χ0v) is 76.7. The molecule has 16 heteroatoms. The number of benzene rings is 13. The van der Waals surface area contributed by atoms with Gasteiger partial charge in [-0.2, -0.15) is 0 Å². The van der Waals surface area contributed by atoms with Gasteiger partial charge in [-0.05, 0) is 80.9 Å². The average molecular weight is 1740 g/mol. The third-order valence-corrected chi connectivity index (χ3v) is 32.4. The van der Waals surface area contributed by atoms with Gasteiger partial charge in [0.2, 0.25) is 0 Å². The highest BCUT2D eigenvalue weighted by atomic mass is 28.4. The van der Waals surface area contributed by atoms with Gasteiger partial charge in [-0.3, -0.25) is 0 Å². The van der Waals surface area contributed by atoms with Crippen molar-refractivity contribution < 1.29 is 66.8 Å². The monoisotopic (exact) mass is 1740 g/mol. The van der Waals surface area contributed by atoms with Crippen molar-refractivity contribution in [3.8, 4) is 0 Å². The molecule has 0 bridgehead atoms. The van der Waals surface area contributed by atoms with E-state index in [1.807, 2.05) is 224 Å². The first-order chi connectivity index (χ1) is 62.0. The van der Waals surface area contributed by atoms with E-state index in [4.69, 9.17) is 51.5 Å². The van der Waals surface area contributed by atoms with Crippen molar-refractivity contribution >= 4 is 37.4 Å². The molecule has 0 aliphatic carbocycles. The highest BCUT2D eigenvalue weighted by molar-refractivity contribution is 7.00. The summed E-state index contributed by atoms with van der Waals surface area (Å²) in [5.74, 6) is 0.0287. The highest BCUT2D eigenvalue weighted by Crippen LogP contribution is 2.39. The summed E-state index contributed by atoms with van der Waals surface area (Å²) in [7, 11) is -5.73. The van der Waals surface area contributed by atoms with Crippen LogP contribution in [0.2, 0.25) is 10.1 Å². The van der Waals surface area contributed by atoms with Crippen LogP contribution >= 0.6 is 0 Å². The molecule has 0 radical (unpaired) electrons. The van der Waals surface area contributed by atoms with E-state index in [0.29, 0.717) is 72.7 Å². The number of rotatable bonds is 47. The molecule has 0 amide bonds. The fourth-order valence-corrected chi connectivity index (χ4v) is 25.0. The molecule has 0 unspecified atom stereocenters. The second-order valence-corrected chi connectivity index (χ2v) is 42.6. The van der Waals surface area contributed by atoms with Gasteiger partial charge in [0.25, 0.3) is 16.6 Å². The van der Waals surface area contributed by atoms with Crippen LogP contribution in [-0.2, 0) is 111 Å². The summed E-state index contributed by atoms with van der Waals surface area (Å²) in [5.41, 5.74) is 9.45. The fraction of sp³-hybridized carbons (Fsp3) is 0.297. The first-order valence-electron chi connectivity index (χ1n) is 44.2. The Bertz CT molecular complexity index is 4700. The lowest BCUT2D eigenvalue weighted by atomic mass is 10.00. The largest absolute Gasteiger partial charge is 0.405 e. The highest BCUT2D eigenvalue weighted by Gasteiger charge is 2.53. The minimum absolute atomic E-state index is 0.0287. The van der Waals surface area contributed by atoms with Crippen molar-refractivity contribution in [2.75, 3.05) is 39.6 Å². The molecule has 0 aliphatic heterocycles. The number of aliphatic hydroxyl groups excluding tert-OH is 3. The topological polar surface area (TPSA) is 162 Å². The van der Waals surface area contributed by atoms with Crippen molar-refractivity contribution in [3.63, 3.8) is 0 Å². The summed E-state index contributed by atoms with van der Waals surface area (Å²) in [5, 5.41) is 37.0. The second kappa shape index (κ2) is 52.3. The molecular formula is C111H128O14Si2. The molecule has 0 spiro atoms. The van der Waals surface area contributed by atoms with Gasteiger partial charge in [0.05, 0.1) is 105 Å². The lowest BCUT2D eigenvalue weighted by Gasteiger charge is -2.44. The zero-order chi connectivity index (χ0) is 89.0. The van der Waals surface area contributed by atoms with E-state index in [-0.39, 0.29) is 54.6 Å². The van der Waals surface area contributed by atoms with E-state index >= 15 is 0 Å². The molecule has 13 aromatic carbocycles. The van der Waals surface area contributed by atoms with Crippen LogP contribution in [0.1, 0.15) is 98.5 Å². The summed E-state index contributed by atoms with van der Waals surface area (Å²) in [6.45, 7) is 20.4. The van der Waals surface area contributed by atoms with Gasteiger partial charge in [-0.25, -0.2) is 0 Å². The smallest absolute Gasteiger partial charge is 0.261 e. The van der Waals surface area contributed by atoms with Crippen molar-refractivity contribution in [1.29, 1.82) is 0 Å². The Balaban J connectivity index is 0.000000190. The molecule has 13 rings (SSSR count). The third kappa shape index (κ3) is 30.4. The Morgan fingerprint density at radius 3 is 0.654 bits per heavy atom. The minimum Gasteiger partial charge on any atom is -0.405 e. The maximum atomic E-state index is 11.8. The first-order valence-corrected chi connectivity index (χ1v) is 48.1. The standard InChI is InChI=1S/C43H50O4Si.C42H48O5Si.C26H30O5/c1-35(30-44-31-36-20-10-5-11-21-36)42(46-33-38-24-14-7-15-25-38)41(45-32-37-22-12-6-13-23-37)34-47-48(43(2,3)4,39-26-16-8-17-27-39)40-28-18-9-19-29-40;1-42(2,3)48(37-25-15-7-16-26-37,38-27-17-8-18-28-38)47-33-40(45-30-35-21-11-5-12-22-35)41(46-31-36-23-13-6-14-24-36)39(43)32-44-29-34-19-9-4-10-20-34;27-16-25(30-18-22-12-6-2-7-13-22)26(31-19-23-14-8-3-9-15-23)24(28)20-29-17-21-10-4-1-5-11-21/h5-29,35,41-42H,30-34H2,1-4H3;4-28,39-41,43H,29-33H2,1-3H3;1-15,24-28H,16-20H2/t35-,41-,42+;39-,40+,41-;24-,25+,26-/m011/s1. The summed E-state index contributed by atoms with van der Waals surface area (Å²) in [6.07, 6.45) is -5.35. The van der Waals surface area contributed by atoms with Crippen LogP contribution in [0.25, 0.3) is 0 Å². The SMILES string of the molecule is CC(C)(C)[Si](OC[C@H](OCc1ccccc1)[C@H](OCc1ccccc1)[C@H](O)COCc1ccccc1)(c1ccccc1)c1ccccc1.C[C@@H](COCc1ccccc1)[C@@H](OCc1ccccc1)[C@H](CO[Si](c1ccccc1)(c1ccccc1)C(C)(C)C)OCc1ccccc1.OC[C@H](OCc1ccccc1)[C@H](OCc1ccccc1)[C@H](O)COCc1ccccc1. The second-order valence-electron chi connectivity index (χ2n) is 34.0. The van der Waals surface area contributed by atoms with Crippen LogP contribution in [0.5, 0.6) is 0 Å². The Hall–Kier alpha value is -10.3. The molecule has 0 saturated heterocycles. The molecule has 14 nitrogen and oxygen atoms in total. The van der Waals surface area contributed by atoms with E-state index < -0.39 is 53.3 Å². The van der Waals surface area contributed by atoms with E-state index in [0.717, 1.165) is 50.1 Å². The number of aliphatic hydroxyl groups is 3. The van der Waals surface area contributed by atoms with Crippen LogP contribution in [0.15, 0.2) is 394 Å². The van der Waals surface area contributed by atoms with Crippen molar-refractivity contribution in [2.45, 2.75) is 167 Å². The maximum absolute atomic E-state index is 11.8. The lowest BCUT2D eigenvalue weighted by molar-refractivity contribution is -0.157. The normalized spacial score (nSPS) is 14.0. The van der Waals surface area contributed by atoms with E-state index in [2.05, 4.69) is 218 Å². The molecule has 13 aromatic rings. The Labute approximate surface area is 756 Å². The molecule has 664 valence electrons. The number of ether oxygens (including phenoxy) is 9. The lowest BCUT2D eigenvalue weighted by Crippen LogP contribution is -2.67. The molecule has 0 heterocycles. The summed E-state index contributed by atoms with van der Waals surface area (Å²) >= 11 is 0. The summed E-state index contributed by atoms with van der Waals surface area (Å²) in [4.78, 5) is 0. The van der Waals surface area contributed by atoms with Gasteiger partial charge in [-0.1, -0.05) is 443 Å². The maximum Gasteiger partial charge on any atom is 0.261 e. The van der Waals surface area contributed by atoms with Gasteiger partial charge in [-0.15, -0.1) is 0 Å². The van der Waals surface area contributed by atoms with Crippen molar-refractivity contribution in [1.82, 2.24) is 0 Å². The summed E-state index contributed by atoms with van der Waals surface area (Å²) < 4.78 is 71.8. The molecule has 0 fully saturated rings. The van der Waals surface area contributed by atoms with E-state index in [1.54, 1.807) is 0 Å². The summed E-state index contributed by atoms with van der Waals surface area (Å²) in [6, 6.07) is 133. The molecule has 127 heavy (non-hydrogen) atoms. The van der Waals surface area contributed by atoms with Crippen LogP contribution in [-0.4, -0.2) is 120 Å². The fourth-order valence-electron chi connectivity index (χ4n) is 15.8. The predicted molar refractivity (Wildman–Crippen MR) is 514 cm³/mol. The third-order valence-electron chi connectivity index (χ3n) is 22.4. The molecule has 9 atom stereocenters. The van der Waals surface area contributed by atoms with E-state index in [1.165, 1.54) is 20.7 Å². The minimum atomic E-state index is -2.91.